The van der Waals surface area contributed by atoms with Gasteiger partial charge in [-0.1, -0.05) is 13.0 Å². The average Bonchev–Trinajstić information content (AvgIpc) is 2.46. The van der Waals surface area contributed by atoms with Crippen molar-refractivity contribution in [3.05, 3.63) is 45.2 Å². The van der Waals surface area contributed by atoms with Gasteiger partial charge in [-0.25, -0.2) is 0 Å². The van der Waals surface area contributed by atoms with E-state index in [4.69, 9.17) is 11.6 Å². The zero-order chi connectivity index (χ0) is 17.3. The summed E-state index contributed by atoms with van der Waals surface area (Å²) in [6, 6.07) is 2.07. The summed E-state index contributed by atoms with van der Waals surface area (Å²) in [5.74, 6) is -0.306. The summed E-state index contributed by atoms with van der Waals surface area (Å²) in [5.41, 5.74) is 5.44. The largest absolute Gasteiger partial charge is 0.511 e. The predicted molar refractivity (Wildman–Crippen MR) is 92.1 cm³/mol. The van der Waals surface area contributed by atoms with Crippen molar-refractivity contribution in [2.24, 2.45) is 0 Å². The van der Waals surface area contributed by atoms with Gasteiger partial charge >= 0.3 is 0 Å². The fraction of sp³-hybridized carbons (Fsp3) is 0.474. The van der Waals surface area contributed by atoms with E-state index >= 15 is 0 Å². The van der Waals surface area contributed by atoms with Crippen LogP contribution >= 0.6 is 11.6 Å². The maximum atomic E-state index is 12.4. The number of aliphatic hydroxyl groups is 1. The summed E-state index contributed by atoms with van der Waals surface area (Å²) in [4.78, 5) is 24.7. The Hall–Kier alpha value is -1.61. The number of aliphatic hydroxyl groups excluding tert-OH is 1. The van der Waals surface area contributed by atoms with Gasteiger partial charge in [-0.3, -0.25) is 9.59 Å². The first-order valence-electron chi connectivity index (χ1n) is 7.95. The lowest BCUT2D eigenvalue weighted by Gasteiger charge is -2.27. The minimum atomic E-state index is -0.252. The van der Waals surface area contributed by atoms with Crippen molar-refractivity contribution in [2.75, 3.05) is 0 Å². The van der Waals surface area contributed by atoms with Crippen LogP contribution in [-0.4, -0.2) is 16.7 Å². The molecule has 0 aromatic heterocycles. The number of halogens is 1. The molecule has 1 aromatic rings. The van der Waals surface area contributed by atoms with Crippen LogP contribution in [0.4, 0.5) is 0 Å². The number of benzene rings is 1. The number of rotatable bonds is 3. The number of aryl methyl sites for hydroxylation is 2. The smallest absolute Gasteiger partial charge is 0.170 e. The highest BCUT2D eigenvalue weighted by atomic mass is 35.5. The van der Waals surface area contributed by atoms with Crippen LogP contribution in [0.1, 0.15) is 59.9 Å². The Morgan fingerprint density at radius 3 is 2.22 bits per heavy atom. The summed E-state index contributed by atoms with van der Waals surface area (Å²) < 4.78 is 0. The van der Waals surface area contributed by atoms with Crippen LogP contribution < -0.4 is 0 Å². The van der Waals surface area contributed by atoms with Crippen molar-refractivity contribution >= 4 is 23.2 Å². The Morgan fingerprint density at radius 2 is 1.74 bits per heavy atom. The fourth-order valence-electron chi connectivity index (χ4n) is 3.66. The van der Waals surface area contributed by atoms with Gasteiger partial charge in [-0.2, -0.15) is 0 Å². The highest BCUT2D eigenvalue weighted by molar-refractivity contribution is 6.22. The second-order valence-electron chi connectivity index (χ2n) is 6.29. The van der Waals surface area contributed by atoms with Gasteiger partial charge in [-0.15, -0.1) is 11.6 Å². The molecule has 0 saturated heterocycles. The molecule has 1 aromatic carbocycles. The molecular formula is C19H23ClO3. The molecule has 4 heteroatoms. The molecule has 1 saturated carbocycles. The maximum absolute atomic E-state index is 12.4. The van der Waals surface area contributed by atoms with E-state index in [0.29, 0.717) is 12.3 Å². The van der Waals surface area contributed by atoms with Gasteiger partial charge in [0.15, 0.2) is 11.6 Å². The Morgan fingerprint density at radius 1 is 1.17 bits per heavy atom. The van der Waals surface area contributed by atoms with Gasteiger partial charge in [0.1, 0.15) is 5.76 Å². The lowest BCUT2D eigenvalue weighted by atomic mass is 9.75. The molecule has 1 aliphatic rings. The van der Waals surface area contributed by atoms with Gasteiger partial charge in [0, 0.05) is 25.1 Å². The Labute approximate surface area is 142 Å². The molecule has 0 amide bonds. The molecule has 3 nitrogen and oxygen atoms in total. The second-order valence-corrected chi connectivity index (χ2v) is 6.56. The van der Waals surface area contributed by atoms with E-state index in [-0.39, 0.29) is 41.7 Å². The standard InChI is InChI=1S/C19H23ClO3/c1-5-15(21)19-16(22)7-13(8-17(19)23)18-11(3)6-10(2)14(9-20)12(18)4/h6,13,21H,5,7-9H2,1-4H3. The van der Waals surface area contributed by atoms with E-state index in [2.05, 4.69) is 6.07 Å². The third kappa shape index (κ3) is 3.20. The molecule has 124 valence electrons. The number of Topliss-reactive ketones (excluding diaryl/α,β-unsaturated/α-hetero) is 2. The van der Waals surface area contributed by atoms with Crippen LogP contribution in [0.2, 0.25) is 0 Å². The molecule has 2 rings (SSSR count). The molecule has 0 unspecified atom stereocenters. The normalized spacial score (nSPS) is 18.5. The number of ketones is 2. The first-order chi connectivity index (χ1) is 10.8. The van der Waals surface area contributed by atoms with Crippen LogP contribution in [0.15, 0.2) is 17.4 Å². The summed E-state index contributed by atoms with van der Waals surface area (Å²) in [7, 11) is 0. The third-order valence-corrected chi connectivity index (χ3v) is 5.04. The highest BCUT2D eigenvalue weighted by Crippen LogP contribution is 2.38. The minimum absolute atomic E-state index is 0.00346. The van der Waals surface area contributed by atoms with Crippen LogP contribution in [0.25, 0.3) is 0 Å². The van der Waals surface area contributed by atoms with Crippen LogP contribution in [0, 0.1) is 20.8 Å². The molecule has 0 atom stereocenters. The predicted octanol–water partition coefficient (Wildman–Crippen LogP) is 4.59. The number of alkyl halides is 1. The Kier molecular flexibility index (Phi) is 5.30. The van der Waals surface area contributed by atoms with Crippen molar-refractivity contribution in [3.8, 4) is 0 Å². The van der Waals surface area contributed by atoms with Gasteiger partial charge in [-0.05, 0) is 54.5 Å². The monoisotopic (exact) mass is 334 g/mol. The molecule has 1 fully saturated rings. The fourth-order valence-corrected chi connectivity index (χ4v) is 4.07. The number of hydrogen-bond acceptors (Lipinski definition) is 3. The number of carbonyl (C=O) groups is 2. The number of hydrogen-bond donors (Lipinski definition) is 1. The lowest BCUT2D eigenvalue weighted by molar-refractivity contribution is -0.124. The quantitative estimate of drug-likeness (QED) is 0.381. The zero-order valence-corrected chi connectivity index (χ0v) is 14.9. The van der Waals surface area contributed by atoms with Crippen LogP contribution in [0.5, 0.6) is 0 Å². The summed E-state index contributed by atoms with van der Waals surface area (Å²) in [6.45, 7) is 7.78. The molecule has 1 N–H and O–H groups in total. The molecule has 0 bridgehead atoms. The minimum Gasteiger partial charge on any atom is -0.511 e. The van der Waals surface area contributed by atoms with Gasteiger partial charge in [0.05, 0.1) is 5.57 Å². The summed E-state index contributed by atoms with van der Waals surface area (Å²) in [6.07, 6.45) is 0.825. The van der Waals surface area contributed by atoms with E-state index in [1.165, 1.54) is 0 Å². The van der Waals surface area contributed by atoms with Crippen molar-refractivity contribution in [1.82, 2.24) is 0 Å². The van der Waals surface area contributed by atoms with Crippen molar-refractivity contribution in [1.29, 1.82) is 0 Å². The number of allylic oxidation sites excluding steroid dienone is 2. The second kappa shape index (κ2) is 6.88. The topological polar surface area (TPSA) is 54.4 Å². The molecule has 0 heterocycles. The van der Waals surface area contributed by atoms with Crippen LogP contribution in [-0.2, 0) is 15.5 Å². The average molecular weight is 335 g/mol. The first-order valence-corrected chi connectivity index (χ1v) is 8.49. The van der Waals surface area contributed by atoms with Crippen LogP contribution in [0.3, 0.4) is 0 Å². The molecular weight excluding hydrogens is 312 g/mol. The van der Waals surface area contributed by atoms with E-state index in [9.17, 15) is 14.7 Å². The number of carbonyl (C=O) groups excluding carboxylic acids is 2. The Bertz CT molecular complexity index is 681. The summed E-state index contributed by atoms with van der Waals surface area (Å²) >= 11 is 6.07. The van der Waals surface area contributed by atoms with Gasteiger partial charge < -0.3 is 5.11 Å². The SMILES string of the molecule is CCC(O)=C1C(=O)CC(c2c(C)cc(C)c(CCl)c2C)CC1=O. The van der Waals surface area contributed by atoms with Gasteiger partial charge in [0.2, 0.25) is 0 Å². The molecule has 0 radical (unpaired) electrons. The molecule has 0 spiro atoms. The van der Waals surface area contributed by atoms with Crippen molar-refractivity contribution < 1.29 is 14.7 Å². The first kappa shape index (κ1) is 17.7. The van der Waals surface area contributed by atoms with E-state index in [0.717, 1.165) is 27.8 Å². The molecule has 0 aliphatic heterocycles. The van der Waals surface area contributed by atoms with Crippen molar-refractivity contribution in [3.63, 3.8) is 0 Å². The zero-order valence-electron chi connectivity index (χ0n) is 14.1. The third-order valence-electron chi connectivity index (χ3n) is 4.78. The van der Waals surface area contributed by atoms with Gasteiger partial charge in [0.25, 0.3) is 0 Å². The highest BCUT2D eigenvalue weighted by Gasteiger charge is 2.35. The molecule has 1 aliphatic carbocycles. The summed E-state index contributed by atoms with van der Waals surface area (Å²) in [5, 5.41) is 9.83. The van der Waals surface area contributed by atoms with Crippen molar-refractivity contribution in [2.45, 2.75) is 58.8 Å². The Balaban J connectivity index is 2.47. The maximum Gasteiger partial charge on any atom is 0.170 e. The molecule has 23 heavy (non-hydrogen) atoms. The lowest BCUT2D eigenvalue weighted by Crippen LogP contribution is -2.27. The van der Waals surface area contributed by atoms with E-state index in [1.54, 1.807) is 6.92 Å². The van der Waals surface area contributed by atoms with E-state index < -0.39 is 0 Å². The van der Waals surface area contributed by atoms with E-state index in [1.807, 2.05) is 20.8 Å².